The molecule has 3 rings (SSSR count). The Kier molecular flexibility index (Phi) is 2.98. The molecule has 0 unspecified atom stereocenters. The SMILES string of the molecule is Cc1cn2cc(NC(=O)C(F)(F)C3(O)CCC3)ccc2n1. The Bertz CT molecular complexity index is 707. The fraction of sp³-hybridized carbons (Fsp3) is 0.429. The van der Waals surface area contributed by atoms with Crippen LogP contribution in [0, 0.1) is 6.92 Å². The number of nitrogens with zero attached hydrogens (tertiary/aromatic N) is 2. The van der Waals surface area contributed by atoms with Gasteiger partial charge in [0.25, 0.3) is 5.91 Å². The first-order valence-corrected chi connectivity index (χ1v) is 6.69. The lowest BCUT2D eigenvalue weighted by Gasteiger charge is -2.41. The molecule has 2 N–H and O–H groups in total. The number of rotatable bonds is 3. The molecule has 2 aromatic heterocycles. The number of imidazole rings is 1. The van der Waals surface area contributed by atoms with Gasteiger partial charge in [-0.25, -0.2) is 4.98 Å². The second kappa shape index (κ2) is 4.49. The number of hydrogen-bond acceptors (Lipinski definition) is 3. The number of fused-ring (bicyclic) bond motifs is 1. The van der Waals surface area contributed by atoms with Gasteiger partial charge in [0.15, 0.2) is 0 Å². The second-order valence-electron chi connectivity index (χ2n) is 5.48. The lowest BCUT2D eigenvalue weighted by molar-refractivity contribution is -0.212. The van der Waals surface area contributed by atoms with Crippen LogP contribution in [0.15, 0.2) is 24.5 Å². The predicted octanol–water partition coefficient (Wildman–Crippen LogP) is 2.13. The lowest BCUT2D eigenvalue weighted by Crippen LogP contribution is -2.59. The van der Waals surface area contributed by atoms with Crippen molar-refractivity contribution in [2.45, 2.75) is 37.7 Å². The van der Waals surface area contributed by atoms with Crippen LogP contribution >= 0.6 is 0 Å². The molecule has 0 radical (unpaired) electrons. The van der Waals surface area contributed by atoms with Crippen LogP contribution in [0.4, 0.5) is 14.5 Å². The minimum Gasteiger partial charge on any atom is -0.383 e. The van der Waals surface area contributed by atoms with E-state index in [1.54, 1.807) is 16.7 Å². The van der Waals surface area contributed by atoms with Crippen molar-refractivity contribution in [2.75, 3.05) is 5.32 Å². The average Bonchev–Trinajstić information content (AvgIpc) is 2.75. The summed E-state index contributed by atoms with van der Waals surface area (Å²) in [5.74, 6) is -5.29. The topological polar surface area (TPSA) is 66.6 Å². The Hall–Kier alpha value is -2.02. The fourth-order valence-corrected chi connectivity index (χ4v) is 2.44. The summed E-state index contributed by atoms with van der Waals surface area (Å²) in [7, 11) is 0. The monoisotopic (exact) mass is 295 g/mol. The van der Waals surface area contributed by atoms with Crippen molar-refractivity contribution in [1.82, 2.24) is 9.38 Å². The van der Waals surface area contributed by atoms with Gasteiger partial charge in [0, 0.05) is 12.4 Å². The number of pyridine rings is 1. The third kappa shape index (κ3) is 2.17. The molecular formula is C14H15F2N3O2. The first-order chi connectivity index (χ1) is 9.82. The smallest absolute Gasteiger partial charge is 0.352 e. The van der Waals surface area contributed by atoms with Crippen LogP contribution in [0.2, 0.25) is 0 Å². The molecule has 0 spiro atoms. The van der Waals surface area contributed by atoms with Crippen LogP contribution < -0.4 is 5.32 Å². The Morgan fingerprint density at radius 3 is 2.76 bits per heavy atom. The highest BCUT2D eigenvalue weighted by Crippen LogP contribution is 2.44. The van der Waals surface area contributed by atoms with Crippen molar-refractivity contribution < 1.29 is 18.7 Å². The van der Waals surface area contributed by atoms with Crippen LogP contribution in [0.3, 0.4) is 0 Å². The molecule has 0 aliphatic heterocycles. The van der Waals surface area contributed by atoms with Gasteiger partial charge < -0.3 is 14.8 Å². The maximum absolute atomic E-state index is 14.0. The standard InChI is InChI=1S/C14H15F2N3O2/c1-9-7-19-8-10(3-4-11(19)17-9)18-12(20)14(15,16)13(21)5-2-6-13/h3-4,7-8,21H,2,5-6H2,1H3,(H,18,20). The van der Waals surface area contributed by atoms with Gasteiger partial charge in [0.1, 0.15) is 11.2 Å². The van der Waals surface area contributed by atoms with Crippen molar-refractivity contribution in [2.24, 2.45) is 0 Å². The summed E-state index contributed by atoms with van der Waals surface area (Å²) >= 11 is 0. The number of alkyl halides is 2. The number of carbonyl (C=O) groups is 1. The van der Waals surface area contributed by atoms with Gasteiger partial charge in [-0.05, 0) is 38.3 Å². The van der Waals surface area contributed by atoms with E-state index >= 15 is 0 Å². The van der Waals surface area contributed by atoms with E-state index in [2.05, 4.69) is 10.3 Å². The number of halogens is 2. The highest BCUT2D eigenvalue weighted by molar-refractivity contribution is 5.97. The quantitative estimate of drug-likeness (QED) is 0.911. The maximum atomic E-state index is 14.0. The summed E-state index contributed by atoms with van der Waals surface area (Å²) in [5, 5.41) is 11.9. The number of nitrogens with one attached hydrogen (secondary N) is 1. The summed E-state index contributed by atoms with van der Waals surface area (Å²) in [4.78, 5) is 16.0. The van der Waals surface area contributed by atoms with Crippen molar-refractivity contribution in [3.05, 3.63) is 30.2 Å². The number of amides is 1. The predicted molar refractivity (Wildman–Crippen MR) is 72.3 cm³/mol. The second-order valence-corrected chi connectivity index (χ2v) is 5.48. The number of aliphatic hydroxyl groups is 1. The molecule has 21 heavy (non-hydrogen) atoms. The molecule has 0 atom stereocenters. The molecule has 1 fully saturated rings. The van der Waals surface area contributed by atoms with E-state index in [0.717, 1.165) is 5.69 Å². The van der Waals surface area contributed by atoms with Gasteiger partial charge in [-0.3, -0.25) is 4.79 Å². The van der Waals surface area contributed by atoms with E-state index < -0.39 is 17.4 Å². The van der Waals surface area contributed by atoms with E-state index in [-0.39, 0.29) is 18.5 Å². The van der Waals surface area contributed by atoms with Gasteiger partial charge in [0.05, 0.1) is 11.4 Å². The van der Waals surface area contributed by atoms with E-state index in [0.29, 0.717) is 12.1 Å². The van der Waals surface area contributed by atoms with E-state index in [1.807, 2.05) is 6.92 Å². The molecule has 1 saturated carbocycles. The summed E-state index contributed by atoms with van der Waals surface area (Å²) in [5.41, 5.74) is -0.540. The zero-order valence-corrected chi connectivity index (χ0v) is 11.4. The molecule has 7 heteroatoms. The van der Waals surface area contributed by atoms with Crippen LogP contribution in [0.1, 0.15) is 25.0 Å². The molecule has 0 saturated heterocycles. The van der Waals surface area contributed by atoms with E-state index in [4.69, 9.17) is 0 Å². The zero-order valence-electron chi connectivity index (χ0n) is 11.4. The van der Waals surface area contributed by atoms with Gasteiger partial charge in [-0.1, -0.05) is 0 Å². The van der Waals surface area contributed by atoms with Crippen LogP contribution in [-0.4, -0.2) is 31.9 Å². The van der Waals surface area contributed by atoms with E-state index in [9.17, 15) is 18.7 Å². The highest BCUT2D eigenvalue weighted by Gasteiger charge is 2.61. The molecule has 2 aromatic rings. The molecule has 1 aliphatic carbocycles. The Labute approximate surface area is 119 Å². The van der Waals surface area contributed by atoms with Crippen LogP contribution in [-0.2, 0) is 4.79 Å². The first kappa shape index (κ1) is 13.9. The molecule has 1 amide bonds. The molecule has 2 heterocycles. The average molecular weight is 295 g/mol. The third-order valence-corrected chi connectivity index (χ3v) is 3.88. The summed E-state index contributed by atoms with van der Waals surface area (Å²) in [6.45, 7) is 1.81. The number of aryl methyl sites for hydroxylation is 1. The normalized spacial score (nSPS) is 17.5. The summed E-state index contributed by atoms with van der Waals surface area (Å²) in [6, 6.07) is 3.12. The van der Waals surface area contributed by atoms with E-state index in [1.165, 1.54) is 12.3 Å². The van der Waals surface area contributed by atoms with Crippen LogP contribution in [0.25, 0.3) is 5.65 Å². The van der Waals surface area contributed by atoms with Gasteiger partial charge >= 0.3 is 5.92 Å². The highest BCUT2D eigenvalue weighted by atomic mass is 19.3. The number of hydrogen-bond donors (Lipinski definition) is 2. The molecule has 112 valence electrons. The van der Waals surface area contributed by atoms with Gasteiger partial charge in [-0.15, -0.1) is 0 Å². The Morgan fingerprint density at radius 2 is 2.14 bits per heavy atom. The third-order valence-electron chi connectivity index (χ3n) is 3.88. The molecule has 0 aromatic carbocycles. The summed E-state index contributed by atoms with van der Waals surface area (Å²) in [6.07, 6.45) is 3.61. The molecule has 0 bridgehead atoms. The maximum Gasteiger partial charge on any atom is 0.352 e. The Morgan fingerprint density at radius 1 is 1.43 bits per heavy atom. The lowest BCUT2D eigenvalue weighted by atomic mass is 9.75. The van der Waals surface area contributed by atoms with Crippen molar-refractivity contribution in [3.8, 4) is 0 Å². The molecular weight excluding hydrogens is 280 g/mol. The van der Waals surface area contributed by atoms with Crippen molar-refractivity contribution >= 4 is 17.2 Å². The minimum atomic E-state index is -3.80. The summed E-state index contributed by atoms with van der Waals surface area (Å²) < 4.78 is 29.6. The van der Waals surface area contributed by atoms with Gasteiger partial charge in [-0.2, -0.15) is 8.78 Å². The number of anilines is 1. The molecule has 5 nitrogen and oxygen atoms in total. The van der Waals surface area contributed by atoms with Crippen molar-refractivity contribution in [3.63, 3.8) is 0 Å². The number of carbonyl (C=O) groups excluding carboxylic acids is 1. The largest absolute Gasteiger partial charge is 0.383 e. The minimum absolute atomic E-state index is 0.0623. The zero-order chi connectivity index (χ0) is 15.3. The van der Waals surface area contributed by atoms with Crippen LogP contribution in [0.5, 0.6) is 0 Å². The van der Waals surface area contributed by atoms with Crippen molar-refractivity contribution in [1.29, 1.82) is 0 Å². The van der Waals surface area contributed by atoms with Gasteiger partial charge in [0.2, 0.25) is 0 Å². The fourth-order valence-electron chi connectivity index (χ4n) is 2.44. The number of aromatic nitrogens is 2. The molecule has 1 aliphatic rings. The Balaban J connectivity index is 1.82. The first-order valence-electron chi connectivity index (χ1n) is 6.69.